The number of likely N-dealkylation sites (tertiary alicyclic amines) is 1. The molecule has 27 heavy (non-hydrogen) atoms. The van der Waals surface area contributed by atoms with Crippen molar-refractivity contribution >= 4 is 5.78 Å². The second-order valence-corrected chi connectivity index (χ2v) is 9.10. The van der Waals surface area contributed by atoms with Crippen molar-refractivity contribution in [1.82, 2.24) is 10.2 Å². The van der Waals surface area contributed by atoms with Crippen LogP contribution in [-0.2, 0) is 9.53 Å². The summed E-state index contributed by atoms with van der Waals surface area (Å²) in [6, 6.07) is 11.5. The standard InChI is InChI=1S/C23H34N2O2/c1-18(26)23(9-6-10-23)25-13-11-22(12-14-25,17-27-2)16-24-21-15-20(21)19-7-4-3-5-8-19/h3-5,7-8,20-21,24H,6,9-17H2,1-2H3/t20-,21+/m0/s1. The predicted octanol–water partition coefficient (Wildman–Crippen LogP) is 3.37. The molecule has 4 nitrogen and oxygen atoms in total. The van der Waals surface area contributed by atoms with Gasteiger partial charge in [-0.2, -0.15) is 0 Å². The largest absolute Gasteiger partial charge is 0.384 e. The van der Waals surface area contributed by atoms with Crippen molar-refractivity contribution in [2.75, 3.05) is 33.4 Å². The smallest absolute Gasteiger partial charge is 0.150 e. The highest BCUT2D eigenvalue weighted by molar-refractivity contribution is 5.87. The van der Waals surface area contributed by atoms with Gasteiger partial charge in [0.15, 0.2) is 0 Å². The Morgan fingerprint density at radius 2 is 1.89 bits per heavy atom. The maximum absolute atomic E-state index is 12.2. The second kappa shape index (κ2) is 7.65. The predicted molar refractivity (Wildman–Crippen MR) is 108 cm³/mol. The van der Waals surface area contributed by atoms with Crippen LogP contribution >= 0.6 is 0 Å². The molecule has 2 aliphatic carbocycles. The van der Waals surface area contributed by atoms with E-state index in [1.54, 1.807) is 6.92 Å². The molecule has 2 saturated carbocycles. The average Bonchev–Trinajstić information content (AvgIpc) is 3.41. The third-order valence-corrected chi connectivity index (χ3v) is 7.47. The quantitative estimate of drug-likeness (QED) is 0.762. The first-order chi connectivity index (χ1) is 13.1. The van der Waals surface area contributed by atoms with Crippen LogP contribution < -0.4 is 5.32 Å². The molecule has 1 saturated heterocycles. The van der Waals surface area contributed by atoms with Gasteiger partial charge in [0.2, 0.25) is 0 Å². The van der Waals surface area contributed by atoms with E-state index in [9.17, 15) is 4.79 Å². The van der Waals surface area contributed by atoms with Crippen LogP contribution in [0.25, 0.3) is 0 Å². The third-order valence-electron chi connectivity index (χ3n) is 7.47. The van der Waals surface area contributed by atoms with Gasteiger partial charge in [-0.25, -0.2) is 0 Å². The van der Waals surface area contributed by atoms with Crippen LogP contribution in [-0.4, -0.2) is 55.6 Å². The molecule has 0 bridgehead atoms. The summed E-state index contributed by atoms with van der Waals surface area (Å²) in [5, 5.41) is 3.84. The summed E-state index contributed by atoms with van der Waals surface area (Å²) < 4.78 is 5.63. The topological polar surface area (TPSA) is 41.6 Å². The van der Waals surface area contributed by atoms with Crippen LogP contribution in [0.2, 0.25) is 0 Å². The van der Waals surface area contributed by atoms with E-state index in [1.165, 1.54) is 18.4 Å². The number of ether oxygens (including phenoxy) is 1. The lowest BCUT2D eigenvalue weighted by molar-refractivity contribution is -0.138. The van der Waals surface area contributed by atoms with Gasteiger partial charge in [0, 0.05) is 31.0 Å². The van der Waals surface area contributed by atoms with E-state index >= 15 is 0 Å². The number of piperidine rings is 1. The van der Waals surface area contributed by atoms with E-state index in [0.717, 1.165) is 51.9 Å². The summed E-state index contributed by atoms with van der Waals surface area (Å²) in [7, 11) is 1.82. The molecular weight excluding hydrogens is 336 g/mol. The molecule has 2 atom stereocenters. The van der Waals surface area contributed by atoms with Gasteiger partial charge in [0.1, 0.15) is 5.78 Å². The minimum atomic E-state index is -0.137. The Hall–Kier alpha value is -1.23. The number of nitrogens with one attached hydrogen (secondary N) is 1. The zero-order valence-electron chi connectivity index (χ0n) is 16.9. The fourth-order valence-corrected chi connectivity index (χ4v) is 5.33. The van der Waals surface area contributed by atoms with Gasteiger partial charge in [-0.3, -0.25) is 9.69 Å². The highest BCUT2D eigenvalue weighted by atomic mass is 16.5. The number of hydrogen-bond donors (Lipinski definition) is 1. The van der Waals surface area contributed by atoms with Crippen LogP contribution in [0.15, 0.2) is 30.3 Å². The molecule has 1 N–H and O–H groups in total. The Balaban J connectivity index is 1.33. The van der Waals surface area contributed by atoms with Gasteiger partial charge in [0.05, 0.1) is 12.1 Å². The first kappa shape index (κ1) is 19.1. The van der Waals surface area contributed by atoms with Crippen molar-refractivity contribution < 1.29 is 9.53 Å². The molecule has 3 fully saturated rings. The number of Topliss-reactive ketones (excluding diaryl/α,β-unsaturated/α-hetero) is 1. The summed E-state index contributed by atoms with van der Waals surface area (Å²) in [6.07, 6.45) is 6.78. The molecule has 0 amide bonds. The Morgan fingerprint density at radius 3 is 2.44 bits per heavy atom. The maximum Gasteiger partial charge on any atom is 0.150 e. The van der Waals surface area contributed by atoms with Gasteiger partial charge < -0.3 is 10.1 Å². The van der Waals surface area contributed by atoms with Crippen molar-refractivity contribution in [3.05, 3.63) is 35.9 Å². The normalized spacial score (nSPS) is 29.1. The van der Waals surface area contributed by atoms with E-state index < -0.39 is 0 Å². The van der Waals surface area contributed by atoms with Crippen molar-refractivity contribution in [3.8, 4) is 0 Å². The molecule has 148 valence electrons. The molecule has 0 unspecified atom stereocenters. The number of rotatable bonds is 8. The van der Waals surface area contributed by atoms with Gasteiger partial charge in [-0.15, -0.1) is 0 Å². The Kier molecular flexibility index (Phi) is 5.41. The number of hydrogen-bond acceptors (Lipinski definition) is 4. The van der Waals surface area contributed by atoms with Gasteiger partial charge in [-0.1, -0.05) is 30.3 Å². The highest BCUT2D eigenvalue weighted by Gasteiger charge is 2.49. The number of benzene rings is 1. The van der Waals surface area contributed by atoms with Crippen LogP contribution in [0.3, 0.4) is 0 Å². The fraction of sp³-hybridized carbons (Fsp3) is 0.696. The number of carbonyl (C=O) groups excluding carboxylic acids is 1. The number of methoxy groups -OCH3 is 1. The van der Waals surface area contributed by atoms with E-state index in [-0.39, 0.29) is 11.0 Å². The maximum atomic E-state index is 12.2. The molecule has 3 aliphatic rings. The van der Waals surface area contributed by atoms with Crippen molar-refractivity contribution in [2.45, 2.75) is 62.9 Å². The minimum absolute atomic E-state index is 0.137. The molecule has 1 aromatic rings. The van der Waals surface area contributed by atoms with E-state index in [2.05, 4.69) is 40.5 Å². The molecule has 1 aliphatic heterocycles. The lowest BCUT2D eigenvalue weighted by Gasteiger charge is -2.53. The Labute approximate surface area is 163 Å². The third kappa shape index (κ3) is 3.72. The molecule has 0 aromatic heterocycles. The molecule has 1 heterocycles. The van der Waals surface area contributed by atoms with Crippen molar-refractivity contribution in [3.63, 3.8) is 0 Å². The van der Waals surface area contributed by atoms with Gasteiger partial charge in [-0.05, 0) is 64.1 Å². The molecular formula is C23H34N2O2. The monoisotopic (exact) mass is 370 g/mol. The van der Waals surface area contributed by atoms with E-state index in [4.69, 9.17) is 4.74 Å². The van der Waals surface area contributed by atoms with Crippen molar-refractivity contribution in [2.24, 2.45) is 5.41 Å². The molecule has 4 heteroatoms. The van der Waals surface area contributed by atoms with Gasteiger partial charge >= 0.3 is 0 Å². The first-order valence-electron chi connectivity index (χ1n) is 10.6. The number of carbonyl (C=O) groups is 1. The Morgan fingerprint density at radius 1 is 1.19 bits per heavy atom. The minimum Gasteiger partial charge on any atom is -0.384 e. The summed E-state index contributed by atoms with van der Waals surface area (Å²) in [4.78, 5) is 14.7. The number of nitrogens with zero attached hydrogens (tertiary/aromatic N) is 1. The summed E-state index contributed by atoms with van der Waals surface area (Å²) >= 11 is 0. The van der Waals surface area contributed by atoms with Crippen molar-refractivity contribution in [1.29, 1.82) is 0 Å². The fourth-order valence-electron chi connectivity index (χ4n) is 5.33. The van der Waals surface area contributed by atoms with Crippen LogP contribution in [0.5, 0.6) is 0 Å². The highest BCUT2D eigenvalue weighted by Crippen LogP contribution is 2.44. The lowest BCUT2D eigenvalue weighted by Crippen LogP contribution is -2.62. The summed E-state index contributed by atoms with van der Waals surface area (Å²) in [5.74, 6) is 1.04. The number of ketones is 1. The summed E-state index contributed by atoms with van der Waals surface area (Å²) in [6.45, 7) is 5.67. The lowest BCUT2D eigenvalue weighted by atomic mass is 9.69. The zero-order chi connectivity index (χ0) is 18.9. The van der Waals surface area contributed by atoms with E-state index in [1.807, 2.05) is 7.11 Å². The molecule has 0 radical (unpaired) electrons. The van der Waals surface area contributed by atoms with Crippen LogP contribution in [0, 0.1) is 5.41 Å². The first-order valence-corrected chi connectivity index (χ1v) is 10.6. The molecule has 4 rings (SSSR count). The zero-order valence-corrected chi connectivity index (χ0v) is 16.9. The van der Waals surface area contributed by atoms with Gasteiger partial charge in [0.25, 0.3) is 0 Å². The molecule has 0 spiro atoms. The Bertz CT molecular complexity index is 648. The second-order valence-electron chi connectivity index (χ2n) is 9.10. The van der Waals surface area contributed by atoms with Crippen LogP contribution in [0.4, 0.5) is 0 Å². The van der Waals surface area contributed by atoms with Crippen LogP contribution in [0.1, 0.15) is 56.9 Å². The van der Waals surface area contributed by atoms with E-state index in [0.29, 0.717) is 17.7 Å². The molecule has 1 aromatic carbocycles. The summed E-state index contributed by atoms with van der Waals surface area (Å²) in [5.41, 5.74) is 1.53. The average molecular weight is 371 g/mol. The SMILES string of the molecule is COCC1(CN[C@@H]2C[C@H]2c2ccccc2)CCN(C2(C(C)=O)CCC2)CC1.